The average Bonchev–Trinajstić information content (AvgIpc) is 3.20. The van der Waals surface area contributed by atoms with E-state index >= 15 is 0 Å². The maximum atomic E-state index is 14.6. The lowest BCUT2D eigenvalue weighted by atomic mass is 9.98. The zero-order valence-corrected chi connectivity index (χ0v) is 18.9. The minimum absolute atomic E-state index is 0.0453. The summed E-state index contributed by atoms with van der Waals surface area (Å²) in [6, 6.07) is 15.4. The monoisotopic (exact) mass is 491 g/mol. The Labute approximate surface area is 190 Å². The van der Waals surface area contributed by atoms with Gasteiger partial charge >= 0.3 is 0 Å². The second-order valence-corrected chi connectivity index (χ2v) is 11.0. The standard InChI is InChI=1S/C22H19F2N3O4S2/c1-32(28,29)26-17-6-4-5-15(13-17)21-14-22(19-7-2-3-8-20(19)24)27(25-21)33(30,31)18-11-9-16(23)10-12-18/h2-13,22,26H,14H2,1H3/t22-/m0/s1. The Balaban J connectivity index is 1.80. The first-order chi connectivity index (χ1) is 15.5. The van der Waals surface area contributed by atoms with E-state index in [0.29, 0.717) is 11.3 Å². The van der Waals surface area contributed by atoms with Gasteiger partial charge in [0.1, 0.15) is 11.6 Å². The number of anilines is 1. The van der Waals surface area contributed by atoms with Crippen LogP contribution in [0.2, 0.25) is 0 Å². The maximum absolute atomic E-state index is 14.6. The van der Waals surface area contributed by atoms with Crippen LogP contribution in [-0.2, 0) is 20.0 Å². The molecule has 0 bridgehead atoms. The third-order valence-corrected chi connectivity index (χ3v) is 7.30. The molecule has 0 spiro atoms. The number of nitrogens with one attached hydrogen (secondary N) is 1. The van der Waals surface area contributed by atoms with Crippen molar-refractivity contribution in [3.63, 3.8) is 0 Å². The predicted octanol–water partition coefficient (Wildman–Crippen LogP) is 3.88. The van der Waals surface area contributed by atoms with E-state index in [2.05, 4.69) is 9.82 Å². The SMILES string of the molecule is CS(=O)(=O)Nc1cccc(C2=NN(S(=O)(=O)c3ccc(F)cc3)[C@H](c3ccccc3F)C2)c1. The van der Waals surface area contributed by atoms with Crippen LogP contribution in [-0.4, -0.2) is 33.2 Å². The van der Waals surface area contributed by atoms with Crippen molar-refractivity contribution in [2.75, 3.05) is 11.0 Å². The van der Waals surface area contributed by atoms with Crippen molar-refractivity contribution in [3.05, 3.63) is 95.6 Å². The fraction of sp³-hybridized carbons (Fsp3) is 0.136. The smallest absolute Gasteiger partial charge is 0.279 e. The van der Waals surface area contributed by atoms with E-state index in [1.54, 1.807) is 24.3 Å². The molecule has 3 aromatic rings. The topological polar surface area (TPSA) is 95.9 Å². The highest BCUT2D eigenvalue weighted by Gasteiger charge is 2.39. The molecule has 0 saturated heterocycles. The third kappa shape index (κ3) is 4.88. The Hall–Kier alpha value is -3.31. The second kappa shape index (κ2) is 8.56. The molecule has 33 heavy (non-hydrogen) atoms. The summed E-state index contributed by atoms with van der Waals surface area (Å²) < 4.78 is 81.0. The number of benzene rings is 3. The highest BCUT2D eigenvalue weighted by atomic mass is 32.2. The van der Waals surface area contributed by atoms with Gasteiger partial charge in [-0.3, -0.25) is 4.72 Å². The van der Waals surface area contributed by atoms with Crippen molar-refractivity contribution in [1.82, 2.24) is 4.41 Å². The van der Waals surface area contributed by atoms with Gasteiger partial charge < -0.3 is 0 Å². The Morgan fingerprint density at radius 1 is 0.939 bits per heavy atom. The molecule has 172 valence electrons. The highest BCUT2D eigenvalue weighted by Crippen LogP contribution is 2.38. The molecule has 0 amide bonds. The number of hydrogen-bond donors (Lipinski definition) is 1. The fourth-order valence-corrected chi connectivity index (χ4v) is 5.53. The number of hydrazone groups is 1. The van der Waals surface area contributed by atoms with Crippen molar-refractivity contribution < 1.29 is 25.6 Å². The van der Waals surface area contributed by atoms with Crippen molar-refractivity contribution in [1.29, 1.82) is 0 Å². The van der Waals surface area contributed by atoms with Gasteiger partial charge in [-0.05, 0) is 48.0 Å². The first-order valence-electron chi connectivity index (χ1n) is 9.75. The maximum Gasteiger partial charge on any atom is 0.279 e. The summed E-state index contributed by atoms with van der Waals surface area (Å²) in [6.07, 6.45) is 1.06. The summed E-state index contributed by atoms with van der Waals surface area (Å²) in [5.74, 6) is -1.19. The zero-order chi connectivity index (χ0) is 23.8. The summed E-state index contributed by atoms with van der Waals surface area (Å²) in [7, 11) is -7.78. The molecule has 0 aliphatic carbocycles. The van der Waals surface area contributed by atoms with E-state index in [1.165, 1.54) is 24.3 Å². The van der Waals surface area contributed by atoms with Crippen LogP contribution in [0.15, 0.2) is 82.8 Å². The van der Waals surface area contributed by atoms with Gasteiger partial charge in [0.15, 0.2) is 0 Å². The van der Waals surface area contributed by atoms with E-state index in [1.807, 2.05) is 0 Å². The molecule has 1 aliphatic rings. The number of rotatable bonds is 6. The summed E-state index contributed by atoms with van der Waals surface area (Å²) in [4.78, 5) is -0.192. The summed E-state index contributed by atoms with van der Waals surface area (Å²) in [5.41, 5.74) is 1.21. The normalized spacial score (nSPS) is 16.5. The number of hydrogen-bond acceptors (Lipinski definition) is 5. The quantitative estimate of drug-likeness (QED) is 0.566. The molecule has 0 unspecified atom stereocenters. The Kier molecular flexibility index (Phi) is 5.93. The van der Waals surface area contributed by atoms with E-state index < -0.39 is 37.7 Å². The van der Waals surface area contributed by atoms with Gasteiger partial charge in [-0.1, -0.05) is 30.3 Å². The van der Waals surface area contributed by atoms with Crippen LogP contribution in [0.4, 0.5) is 14.5 Å². The predicted molar refractivity (Wildman–Crippen MR) is 121 cm³/mol. The molecular weight excluding hydrogens is 472 g/mol. The van der Waals surface area contributed by atoms with Crippen LogP contribution in [0.25, 0.3) is 0 Å². The molecule has 4 rings (SSSR count). The fourth-order valence-electron chi connectivity index (χ4n) is 3.55. The molecular formula is C22H19F2N3O4S2. The average molecular weight is 492 g/mol. The van der Waals surface area contributed by atoms with Gasteiger partial charge in [0.05, 0.1) is 22.9 Å². The minimum atomic E-state index is -4.25. The first-order valence-corrected chi connectivity index (χ1v) is 13.1. The molecule has 0 aromatic heterocycles. The van der Waals surface area contributed by atoms with Gasteiger partial charge in [0, 0.05) is 17.7 Å². The van der Waals surface area contributed by atoms with Crippen molar-refractivity contribution in [2.45, 2.75) is 17.4 Å². The van der Waals surface area contributed by atoms with E-state index in [0.717, 1.165) is 34.9 Å². The van der Waals surface area contributed by atoms with Gasteiger partial charge in [0.2, 0.25) is 10.0 Å². The molecule has 11 heteroatoms. The van der Waals surface area contributed by atoms with Crippen molar-refractivity contribution in [3.8, 4) is 0 Å². The van der Waals surface area contributed by atoms with Crippen molar-refractivity contribution in [2.24, 2.45) is 5.10 Å². The van der Waals surface area contributed by atoms with Crippen LogP contribution in [0.5, 0.6) is 0 Å². The molecule has 1 atom stereocenters. The molecule has 1 aliphatic heterocycles. The Morgan fingerprint density at radius 3 is 2.30 bits per heavy atom. The third-order valence-electron chi connectivity index (χ3n) is 4.99. The molecule has 3 aromatic carbocycles. The van der Waals surface area contributed by atoms with Gasteiger partial charge in [0.25, 0.3) is 10.0 Å². The van der Waals surface area contributed by atoms with Crippen LogP contribution >= 0.6 is 0 Å². The van der Waals surface area contributed by atoms with Crippen LogP contribution in [0.3, 0.4) is 0 Å². The van der Waals surface area contributed by atoms with Crippen LogP contribution in [0, 0.1) is 11.6 Å². The molecule has 0 radical (unpaired) electrons. The van der Waals surface area contributed by atoms with E-state index in [9.17, 15) is 25.6 Å². The summed E-state index contributed by atoms with van der Waals surface area (Å²) in [6.45, 7) is 0. The van der Waals surface area contributed by atoms with Crippen molar-refractivity contribution >= 4 is 31.4 Å². The number of nitrogens with zero attached hydrogens (tertiary/aromatic N) is 2. The Morgan fingerprint density at radius 2 is 1.64 bits per heavy atom. The van der Waals surface area contributed by atoms with Crippen LogP contribution in [0.1, 0.15) is 23.6 Å². The van der Waals surface area contributed by atoms with Gasteiger partial charge in [-0.25, -0.2) is 17.2 Å². The molecule has 1 N–H and O–H groups in total. The zero-order valence-electron chi connectivity index (χ0n) is 17.3. The molecule has 7 nitrogen and oxygen atoms in total. The Bertz CT molecular complexity index is 1440. The van der Waals surface area contributed by atoms with Crippen LogP contribution < -0.4 is 4.72 Å². The largest absolute Gasteiger partial charge is 0.284 e. The number of halogens is 2. The summed E-state index contributed by atoms with van der Waals surface area (Å²) >= 11 is 0. The molecule has 0 fully saturated rings. The lowest BCUT2D eigenvalue weighted by Crippen LogP contribution is -2.28. The molecule has 1 heterocycles. The van der Waals surface area contributed by atoms with E-state index in [-0.39, 0.29) is 22.6 Å². The van der Waals surface area contributed by atoms with Gasteiger partial charge in [-0.2, -0.15) is 17.9 Å². The van der Waals surface area contributed by atoms with Gasteiger partial charge in [-0.15, -0.1) is 0 Å². The lowest BCUT2D eigenvalue weighted by Gasteiger charge is -2.23. The summed E-state index contributed by atoms with van der Waals surface area (Å²) in [5, 5.41) is 4.29. The highest BCUT2D eigenvalue weighted by molar-refractivity contribution is 7.92. The number of sulfonamides is 2. The first kappa shape index (κ1) is 22.9. The lowest BCUT2D eigenvalue weighted by molar-refractivity contribution is 0.362. The second-order valence-electron chi connectivity index (χ2n) is 7.47. The minimum Gasteiger partial charge on any atom is -0.284 e. The van der Waals surface area contributed by atoms with E-state index in [4.69, 9.17) is 0 Å². The molecule has 0 saturated carbocycles.